The molecule has 1 atom stereocenters. The highest BCUT2D eigenvalue weighted by Crippen LogP contribution is 2.55. The zero-order valence-corrected chi connectivity index (χ0v) is 11.5. The van der Waals surface area contributed by atoms with Gasteiger partial charge in [-0.25, -0.2) is 0 Å². The number of nitro groups is 1. The highest BCUT2D eigenvalue weighted by molar-refractivity contribution is 6.08. The highest BCUT2D eigenvalue weighted by atomic mass is 16.6. The van der Waals surface area contributed by atoms with Crippen LogP contribution in [-0.2, 0) is 10.2 Å². The lowest BCUT2D eigenvalue weighted by Gasteiger charge is -2.12. The Bertz CT molecular complexity index is 578. The fourth-order valence-electron chi connectivity index (χ4n) is 3.05. The molecule has 1 amide bonds. The Morgan fingerprint density at radius 2 is 2.20 bits per heavy atom. The van der Waals surface area contributed by atoms with Gasteiger partial charge in [-0.1, -0.05) is 19.4 Å². The first kappa shape index (κ1) is 13.1. The van der Waals surface area contributed by atoms with Crippen LogP contribution in [0.5, 0.6) is 0 Å². The minimum Gasteiger partial charge on any atom is -0.325 e. The van der Waals surface area contributed by atoms with E-state index in [2.05, 4.69) is 5.32 Å². The van der Waals surface area contributed by atoms with Crippen LogP contribution in [0, 0.1) is 10.1 Å². The van der Waals surface area contributed by atoms with Crippen LogP contribution in [0.15, 0.2) is 18.2 Å². The minimum atomic E-state index is -0.660. The van der Waals surface area contributed by atoms with Crippen molar-refractivity contribution in [1.82, 2.24) is 0 Å². The summed E-state index contributed by atoms with van der Waals surface area (Å²) in [6, 6.07) is 4.82. The molecule has 20 heavy (non-hydrogen) atoms. The maximum absolute atomic E-state index is 12.0. The number of anilines is 1. The van der Waals surface area contributed by atoms with E-state index in [1.165, 1.54) is 0 Å². The summed E-state index contributed by atoms with van der Waals surface area (Å²) in [5.74, 6) is 0.0517. The van der Waals surface area contributed by atoms with Crippen molar-refractivity contribution in [2.24, 2.45) is 0 Å². The van der Waals surface area contributed by atoms with Crippen LogP contribution in [0.2, 0.25) is 0 Å². The molecule has 1 aliphatic heterocycles. The van der Waals surface area contributed by atoms with Gasteiger partial charge in [-0.3, -0.25) is 14.9 Å². The van der Waals surface area contributed by atoms with Crippen LogP contribution < -0.4 is 5.32 Å². The molecule has 106 valence electrons. The van der Waals surface area contributed by atoms with Gasteiger partial charge in [0.2, 0.25) is 11.9 Å². The summed E-state index contributed by atoms with van der Waals surface area (Å²) in [5, 5.41) is 14.2. The molecule has 1 unspecified atom stereocenters. The predicted molar refractivity (Wildman–Crippen MR) is 75.2 cm³/mol. The Labute approximate surface area is 117 Å². The Morgan fingerprint density at radius 1 is 1.45 bits per heavy atom. The maximum Gasteiger partial charge on any atom is 0.238 e. The van der Waals surface area contributed by atoms with E-state index in [1.54, 1.807) is 6.07 Å². The molecular weight excluding hydrogens is 256 g/mol. The summed E-state index contributed by atoms with van der Waals surface area (Å²) in [7, 11) is 0. The average Bonchev–Trinajstić information content (AvgIpc) is 3.16. The third-order valence-electron chi connectivity index (χ3n) is 4.46. The minimum absolute atomic E-state index is 0.0517. The molecule has 1 aromatic carbocycles. The number of rotatable bonds is 5. The van der Waals surface area contributed by atoms with Crippen molar-refractivity contribution >= 4 is 11.6 Å². The summed E-state index contributed by atoms with van der Waals surface area (Å²) in [6.45, 7) is 2.03. The largest absolute Gasteiger partial charge is 0.325 e. The van der Waals surface area contributed by atoms with E-state index in [0.29, 0.717) is 6.42 Å². The van der Waals surface area contributed by atoms with Gasteiger partial charge in [0.15, 0.2) is 0 Å². The lowest BCUT2D eigenvalue weighted by Crippen LogP contribution is -2.18. The summed E-state index contributed by atoms with van der Waals surface area (Å²) in [6.07, 6.45) is 4.04. The number of unbranched alkanes of at least 4 members (excludes halogenated alkanes) is 1. The summed E-state index contributed by atoms with van der Waals surface area (Å²) < 4.78 is 0. The van der Waals surface area contributed by atoms with Gasteiger partial charge >= 0.3 is 0 Å². The predicted octanol–water partition coefficient (Wildman–Crippen LogP) is 3.18. The molecule has 1 saturated carbocycles. The summed E-state index contributed by atoms with van der Waals surface area (Å²) in [5.41, 5.74) is 2.14. The normalized spacial score (nSPS) is 19.6. The lowest BCUT2D eigenvalue weighted by molar-refractivity contribution is -0.530. The Kier molecular flexibility index (Phi) is 3.00. The number of amides is 1. The van der Waals surface area contributed by atoms with Crippen molar-refractivity contribution in [3.63, 3.8) is 0 Å². The van der Waals surface area contributed by atoms with Crippen LogP contribution in [0.3, 0.4) is 0 Å². The fraction of sp³-hybridized carbons (Fsp3) is 0.533. The van der Waals surface area contributed by atoms with Gasteiger partial charge < -0.3 is 5.32 Å². The van der Waals surface area contributed by atoms with Gasteiger partial charge in [-0.05, 0) is 37.0 Å². The lowest BCUT2D eigenvalue weighted by atomic mass is 9.92. The molecule has 5 heteroatoms. The second-order valence-corrected chi connectivity index (χ2v) is 5.78. The van der Waals surface area contributed by atoms with Gasteiger partial charge in [-0.15, -0.1) is 0 Å². The number of carbonyl (C=O) groups excluding carboxylic acids is 1. The molecule has 1 aliphatic carbocycles. The Balaban J connectivity index is 1.94. The van der Waals surface area contributed by atoms with Crippen molar-refractivity contribution in [2.75, 3.05) is 5.32 Å². The molecule has 2 aliphatic rings. The van der Waals surface area contributed by atoms with Gasteiger partial charge in [0.25, 0.3) is 0 Å². The number of nitrogens with zero attached hydrogens (tertiary/aromatic N) is 1. The molecule has 0 radical (unpaired) electrons. The van der Waals surface area contributed by atoms with Crippen molar-refractivity contribution in [3.8, 4) is 0 Å². The van der Waals surface area contributed by atoms with Crippen molar-refractivity contribution in [2.45, 2.75) is 50.5 Å². The molecule has 3 rings (SSSR count). The molecule has 0 saturated heterocycles. The second-order valence-electron chi connectivity index (χ2n) is 5.78. The molecule has 5 nitrogen and oxygen atoms in total. The van der Waals surface area contributed by atoms with Crippen molar-refractivity contribution in [3.05, 3.63) is 39.4 Å². The first-order valence-corrected chi connectivity index (χ1v) is 7.18. The summed E-state index contributed by atoms with van der Waals surface area (Å²) >= 11 is 0. The van der Waals surface area contributed by atoms with E-state index < -0.39 is 6.04 Å². The quantitative estimate of drug-likeness (QED) is 0.662. The molecule has 1 N–H and O–H groups in total. The molecule has 1 heterocycles. The van der Waals surface area contributed by atoms with E-state index in [1.807, 2.05) is 19.1 Å². The third-order valence-corrected chi connectivity index (χ3v) is 4.46. The highest BCUT2D eigenvalue weighted by Gasteiger charge is 2.56. The first-order chi connectivity index (χ1) is 9.58. The maximum atomic E-state index is 12.0. The van der Waals surface area contributed by atoms with E-state index in [9.17, 15) is 14.9 Å². The van der Waals surface area contributed by atoms with Crippen LogP contribution in [0.1, 0.15) is 56.2 Å². The van der Waals surface area contributed by atoms with E-state index >= 15 is 0 Å². The topological polar surface area (TPSA) is 72.2 Å². The van der Waals surface area contributed by atoms with Crippen LogP contribution in [0.25, 0.3) is 0 Å². The Morgan fingerprint density at radius 3 is 2.80 bits per heavy atom. The Hall–Kier alpha value is -1.91. The van der Waals surface area contributed by atoms with Crippen LogP contribution in [-0.4, -0.2) is 10.8 Å². The van der Waals surface area contributed by atoms with Gasteiger partial charge in [0, 0.05) is 22.6 Å². The zero-order chi connectivity index (χ0) is 14.3. The van der Waals surface area contributed by atoms with E-state index in [0.717, 1.165) is 42.5 Å². The van der Waals surface area contributed by atoms with Crippen molar-refractivity contribution < 1.29 is 9.72 Å². The summed E-state index contributed by atoms with van der Waals surface area (Å²) in [4.78, 5) is 23.0. The van der Waals surface area contributed by atoms with Gasteiger partial charge in [0.05, 0.1) is 5.41 Å². The number of benzene rings is 1. The SMILES string of the molecule is CCCCC(c1ccc2c(c1)C1(CC1)C(=O)N2)[N+](=O)[O-]. The molecule has 1 spiro atoms. The van der Waals surface area contributed by atoms with E-state index in [-0.39, 0.29) is 16.2 Å². The van der Waals surface area contributed by atoms with Crippen LogP contribution in [0.4, 0.5) is 5.69 Å². The standard InChI is InChI=1S/C15H18N2O3/c1-2-3-4-13(17(19)20)10-5-6-12-11(9-10)15(7-8-15)14(18)16-12/h5-6,9,13H,2-4,7-8H2,1H3,(H,16,18). The number of hydrogen-bond acceptors (Lipinski definition) is 3. The number of fused-ring (bicyclic) bond motifs is 2. The number of carbonyl (C=O) groups is 1. The van der Waals surface area contributed by atoms with Gasteiger partial charge in [-0.2, -0.15) is 0 Å². The molecule has 0 bridgehead atoms. The van der Waals surface area contributed by atoms with E-state index in [4.69, 9.17) is 0 Å². The average molecular weight is 274 g/mol. The molecule has 1 aromatic rings. The third kappa shape index (κ3) is 1.88. The zero-order valence-electron chi connectivity index (χ0n) is 11.5. The van der Waals surface area contributed by atoms with Gasteiger partial charge in [0.1, 0.15) is 0 Å². The smallest absolute Gasteiger partial charge is 0.238 e. The van der Waals surface area contributed by atoms with Crippen molar-refractivity contribution in [1.29, 1.82) is 0 Å². The number of nitrogens with one attached hydrogen (secondary N) is 1. The molecule has 0 aromatic heterocycles. The fourth-order valence-corrected chi connectivity index (χ4v) is 3.05. The molecular formula is C15H18N2O3. The number of hydrogen-bond donors (Lipinski definition) is 1. The first-order valence-electron chi connectivity index (χ1n) is 7.18. The van der Waals surface area contributed by atoms with Crippen LogP contribution >= 0.6 is 0 Å². The second kappa shape index (κ2) is 4.58. The monoisotopic (exact) mass is 274 g/mol. The molecule has 1 fully saturated rings.